The predicted octanol–water partition coefficient (Wildman–Crippen LogP) is 1.56. The van der Waals surface area contributed by atoms with Crippen LogP contribution >= 0.6 is 11.3 Å². The number of hydrogen-bond acceptors (Lipinski definition) is 5. The second-order valence-corrected chi connectivity index (χ2v) is 6.09. The molecule has 2 aromatic heterocycles. The van der Waals surface area contributed by atoms with Crippen molar-refractivity contribution in [3.8, 4) is 0 Å². The number of thiophene rings is 1. The number of aromatic nitrogens is 1. The minimum Gasteiger partial charge on any atom is -0.480 e. The van der Waals surface area contributed by atoms with Crippen molar-refractivity contribution < 1.29 is 14.7 Å². The van der Waals surface area contributed by atoms with Crippen molar-refractivity contribution in [1.82, 2.24) is 10.3 Å². The van der Waals surface area contributed by atoms with Crippen molar-refractivity contribution in [2.24, 2.45) is 5.73 Å². The molecule has 0 aromatic carbocycles. The largest absolute Gasteiger partial charge is 0.480 e. The van der Waals surface area contributed by atoms with E-state index in [4.69, 9.17) is 10.8 Å². The molecule has 7 heteroatoms. The number of fused-ring (bicyclic) bond motifs is 1. The molecule has 2 heterocycles. The standard InChI is InChI=1S/C14H17N3O3S/c1-7(2)8-3-4-16-10-5-11(21-12(8)10)13(18)17-6-9(15)14(19)20/h3-5,7,9H,6,15H2,1-2H3,(H,17,18)(H,19,20)/t9-/m1/s1. The fourth-order valence-corrected chi connectivity index (χ4v) is 3.09. The van der Waals surface area contributed by atoms with Crippen LogP contribution in [0.5, 0.6) is 0 Å². The van der Waals surface area contributed by atoms with Crippen LogP contribution in [0.15, 0.2) is 18.3 Å². The average Bonchev–Trinajstić information content (AvgIpc) is 2.87. The first-order valence-corrected chi connectivity index (χ1v) is 7.36. The fraction of sp³-hybridized carbons (Fsp3) is 0.357. The van der Waals surface area contributed by atoms with Crippen LogP contribution in [0.1, 0.15) is 35.0 Å². The van der Waals surface area contributed by atoms with E-state index < -0.39 is 12.0 Å². The van der Waals surface area contributed by atoms with Crippen molar-refractivity contribution in [1.29, 1.82) is 0 Å². The van der Waals surface area contributed by atoms with Gasteiger partial charge in [-0.05, 0) is 23.6 Å². The van der Waals surface area contributed by atoms with Gasteiger partial charge in [-0.15, -0.1) is 11.3 Å². The highest BCUT2D eigenvalue weighted by Crippen LogP contribution is 2.31. The van der Waals surface area contributed by atoms with Gasteiger partial charge in [-0.25, -0.2) is 0 Å². The van der Waals surface area contributed by atoms with Crippen LogP contribution in [0.3, 0.4) is 0 Å². The molecule has 0 saturated heterocycles. The quantitative estimate of drug-likeness (QED) is 0.777. The number of carboxylic acid groups (broad SMARTS) is 1. The minimum absolute atomic E-state index is 0.104. The van der Waals surface area contributed by atoms with Crippen molar-refractivity contribution in [3.05, 3.63) is 28.8 Å². The highest BCUT2D eigenvalue weighted by molar-refractivity contribution is 7.21. The van der Waals surface area contributed by atoms with Crippen LogP contribution < -0.4 is 11.1 Å². The lowest BCUT2D eigenvalue weighted by molar-refractivity contribution is -0.138. The number of nitrogens with zero attached hydrogens (tertiary/aromatic N) is 1. The highest BCUT2D eigenvalue weighted by Gasteiger charge is 2.17. The summed E-state index contributed by atoms with van der Waals surface area (Å²) in [5.41, 5.74) is 7.28. The fourth-order valence-electron chi connectivity index (χ4n) is 1.90. The van der Waals surface area contributed by atoms with Crippen molar-refractivity contribution in [2.45, 2.75) is 25.8 Å². The Kier molecular flexibility index (Phi) is 4.54. The summed E-state index contributed by atoms with van der Waals surface area (Å²) in [6.45, 7) is 4.06. The van der Waals surface area contributed by atoms with E-state index in [9.17, 15) is 9.59 Å². The Balaban J connectivity index is 2.21. The Hall–Kier alpha value is -1.99. The van der Waals surface area contributed by atoms with E-state index in [2.05, 4.69) is 24.1 Å². The van der Waals surface area contributed by atoms with E-state index in [1.54, 1.807) is 12.3 Å². The number of amides is 1. The zero-order valence-corrected chi connectivity index (χ0v) is 12.6. The molecule has 4 N–H and O–H groups in total. The van der Waals surface area contributed by atoms with Gasteiger partial charge >= 0.3 is 5.97 Å². The monoisotopic (exact) mass is 307 g/mol. The van der Waals surface area contributed by atoms with E-state index in [-0.39, 0.29) is 12.5 Å². The second kappa shape index (κ2) is 6.19. The first kappa shape index (κ1) is 15.4. The number of carbonyl (C=O) groups is 2. The molecule has 1 amide bonds. The molecule has 0 bridgehead atoms. The van der Waals surface area contributed by atoms with Gasteiger partial charge in [0.05, 0.1) is 15.1 Å². The van der Waals surface area contributed by atoms with Gasteiger partial charge < -0.3 is 16.2 Å². The lowest BCUT2D eigenvalue weighted by Gasteiger charge is -2.07. The van der Waals surface area contributed by atoms with Gasteiger partial charge in [-0.3, -0.25) is 14.6 Å². The number of rotatable bonds is 5. The molecule has 0 radical (unpaired) electrons. The van der Waals surface area contributed by atoms with Crippen LogP contribution in [0.2, 0.25) is 0 Å². The third kappa shape index (κ3) is 3.37. The molecule has 6 nitrogen and oxygen atoms in total. The topological polar surface area (TPSA) is 105 Å². The maximum Gasteiger partial charge on any atom is 0.322 e. The Morgan fingerprint density at radius 3 is 2.81 bits per heavy atom. The van der Waals surface area contributed by atoms with E-state index in [0.29, 0.717) is 10.8 Å². The Bertz CT molecular complexity index is 681. The summed E-state index contributed by atoms with van der Waals surface area (Å²) in [6, 6.07) is 2.56. The summed E-state index contributed by atoms with van der Waals surface area (Å²) >= 11 is 1.36. The summed E-state index contributed by atoms with van der Waals surface area (Å²) < 4.78 is 0.986. The van der Waals surface area contributed by atoms with Gasteiger partial charge in [0.25, 0.3) is 5.91 Å². The molecule has 0 spiro atoms. The van der Waals surface area contributed by atoms with E-state index in [1.165, 1.54) is 11.3 Å². The molecule has 1 atom stereocenters. The summed E-state index contributed by atoms with van der Waals surface area (Å²) in [7, 11) is 0. The number of nitrogens with one attached hydrogen (secondary N) is 1. The smallest absolute Gasteiger partial charge is 0.322 e. The molecule has 0 unspecified atom stereocenters. The normalized spacial score (nSPS) is 12.6. The summed E-state index contributed by atoms with van der Waals surface area (Å²) in [5.74, 6) is -1.13. The van der Waals surface area contributed by atoms with Crippen LogP contribution in [0, 0.1) is 0 Å². The van der Waals surface area contributed by atoms with Gasteiger partial charge in [0.15, 0.2) is 0 Å². The molecule has 0 aliphatic rings. The van der Waals surface area contributed by atoms with Crippen LogP contribution in [-0.4, -0.2) is 34.6 Å². The molecule has 0 saturated carbocycles. The molecule has 2 rings (SSSR count). The van der Waals surface area contributed by atoms with Gasteiger partial charge in [0, 0.05) is 12.7 Å². The SMILES string of the molecule is CC(C)c1ccnc2cc(C(=O)NC[C@@H](N)C(=O)O)sc12. The summed E-state index contributed by atoms with van der Waals surface area (Å²) in [4.78, 5) is 27.4. The first-order chi connectivity index (χ1) is 9.90. The number of nitrogens with two attached hydrogens (primary N) is 1. The molecule has 112 valence electrons. The van der Waals surface area contributed by atoms with Gasteiger partial charge in [-0.1, -0.05) is 13.8 Å². The molecule has 0 fully saturated rings. The van der Waals surface area contributed by atoms with E-state index in [0.717, 1.165) is 15.8 Å². The zero-order chi connectivity index (χ0) is 15.6. The van der Waals surface area contributed by atoms with Crippen molar-refractivity contribution in [2.75, 3.05) is 6.54 Å². The highest BCUT2D eigenvalue weighted by atomic mass is 32.1. The number of aliphatic carboxylic acids is 1. The van der Waals surface area contributed by atoms with Gasteiger partial charge in [0.1, 0.15) is 6.04 Å². The van der Waals surface area contributed by atoms with Gasteiger partial charge in [-0.2, -0.15) is 0 Å². The lowest BCUT2D eigenvalue weighted by atomic mass is 10.0. The Labute approximate surface area is 126 Å². The van der Waals surface area contributed by atoms with Crippen molar-refractivity contribution in [3.63, 3.8) is 0 Å². The molecular formula is C14H17N3O3S. The zero-order valence-electron chi connectivity index (χ0n) is 11.8. The first-order valence-electron chi connectivity index (χ1n) is 6.55. The van der Waals surface area contributed by atoms with E-state index in [1.807, 2.05) is 6.07 Å². The van der Waals surface area contributed by atoms with E-state index >= 15 is 0 Å². The Morgan fingerprint density at radius 1 is 1.48 bits per heavy atom. The summed E-state index contributed by atoms with van der Waals surface area (Å²) in [5, 5.41) is 11.2. The maximum absolute atomic E-state index is 12.0. The lowest BCUT2D eigenvalue weighted by Crippen LogP contribution is -2.42. The predicted molar refractivity (Wildman–Crippen MR) is 81.7 cm³/mol. The summed E-state index contributed by atoms with van der Waals surface area (Å²) in [6.07, 6.45) is 1.73. The average molecular weight is 307 g/mol. The van der Waals surface area contributed by atoms with Crippen LogP contribution in [-0.2, 0) is 4.79 Å². The second-order valence-electron chi connectivity index (χ2n) is 5.03. The minimum atomic E-state index is -1.14. The molecule has 0 aliphatic heterocycles. The number of hydrogen-bond donors (Lipinski definition) is 3. The number of pyridine rings is 1. The molecule has 21 heavy (non-hydrogen) atoms. The number of carbonyl (C=O) groups excluding carboxylic acids is 1. The molecule has 2 aromatic rings. The van der Waals surface area contributed by atoms with Crippen LogP contribution in [0.4, 0.5) is 0 Å². The third-order valence-corrected chi connectivity index (χ3v) is 4.26. The molecule has 0 aliphatic carbocycles. The Morgan fingerprint density at radius 2 is 2.19 bits per heavy atom. The van der Waals surface area contributed by atoms with Crippen molar-refractivity contribution >= 4 is 33.4 Å². The maximum atomic E-state index is 12.0. The molecular weight excluding hydrogens is 290 g/mol. The third-order valence-electron chi connectivity index (χ3n) is 3.09. The number of carboxylic acids is 1. The van der Waals surface area contributed by atoms with Crippen LogP contribution in [0.25, 0.3) is 10.2 Å². The van der Waals surface area contributed by atoms with Gasteiger partial charge in [0.2, 0.25) is 0 Å².